The van der Waals surface area contributed by atoms with Crippen LogP contribution in [0.1, 0.15) is 0 Å². The van der Waals surface area contributed by atoms with E-state index in [1.54, 1.807) is 0 Å². The summed E-state index contributed by atoms with van der Waals surface area (Å²) in [5.74, 6) is 0. The molecule has 0 aliphatic heterocycles. The zero-order valence-electron chi connectivity index (χ0n) is 1.87. The van der Waals surface area contributed by atoms with Crippen molar-refractivity contribution in [1.82, 2.24) is 0 Å². The first-order valence-corrected chi connectivity index (χ1v) is 7.82. The second-order valence-electron chi connectivity index (χ2n) is 0.303. The molecule has 0 spiro atoms. The van der Waals surface area contributed by atoms with Gasteiger partial charge in [0.2, 0.25) is 0 Å². The molecule has 5 heavy (non-hydrogen) atoms. The van der Waals surface area contributed by atoms with Gasteiger partial charge in [-0.3, -0.25) is 0 Å². The fourth-order valence-electron chi connectivity index (χ4n) is 0. The fourth-order valence-corrected chi connectivity index (χ4v) is 0. The molecule has 0 saturated carbocycles. The molecule has 0 aliphatic rings. The molecule has 0 N–H and O–H groups in total. The first kappa shape index (κ1) is 6.87. The van der Waals surface area contributed by atoms with Crippen molar-refractivity contribution in [3.63, 3.8) is 0 Å². The van der Waals surface area contributed by atoms with Gasteiger partial charge in [0.15, 0.2) is 0 Å². The van der Waals surface area contributed by atoms with E-state index in [9.17, 15) is 0 Å². The summed E-state index contributed by atoms with van der Waals surface area (Å²) < 4.78 is 0. The third-order valence-electron chi connectivity index (χ3n) is 0. The van der Waals surface area contributed by atoms with Gasteiger partial charge in [0, 0.05) is 0 Å². The molecule has 0 aromatic rings. The Hall–Kier alpha value is 1.87. The van der Waals surface area contributed by atoms with Gasteiger partial charge >= 0.3 is 52.7 Å². The van der Waals surface area contributed by atoms with E-state index in [1.807, 2.05) is 0 Å². The molecule has 0 aliphatic carbocycles. The van der Waals surface area contributed by atoms with Gasteiger partial charge in [-0.1, -0.05) is 0 Å². The van der Waals surface area contributed by atoms with Crippen LogP contribution in [0.3, 0.4) is 0 Å². The third kappa shape index (κ3) is 25.1. The summed E-state index contributed by atoms with van der Waals surface area (Å²) in [7, 11) is 13.0. The van der Waals surface area contributed by atoms with Crippen LogP contribution in [0.5, 0.6) is 0 Å². The molecule has 0 nitrogen and oxygen atoms in total. The van der Waals surface area contributed by atoms with Crippen molar-refractivity contribution in [3.8, 4) is 0 Å². The van der Waals surface area contributed by atoms with E-state index in [0.717, 1.165) is 0 Å². The summed E-state index contributed by atoms with van der Waals surface area (Å²) in [5, 5.41) is 0. The molecule has 0 aromatic heterocycles. The number of hydrogen-bond donors (Lipinski definition) is 0. The van der Waals surface area contributed by atoms with Crippen molar-refractivity contribution in [2.24, 2.45) is 0 Å². The molecular formula is BrCl3Fe. The van der Waals surface area contributed by atoms with E-state index >= 15 is 0 Å². The first-order valence-electron chi connectivity index (χ1n) is 0.535. The first-order chi connectivity index (χ1) is 2.00. The fraction of sp³-hybridized carbons (Fsp3) is 0. The Bertz CT molecular complexity index is 22.4. The van der Waals surface area contributed by atoms with Gasteiger partial charge in [-0.05, 0) is 0 Å². The van der Waals surface area contributed by atoms with Crippen LogP contribution in [0, 0.1) is 0 Å². The number of rotatable bonds is 0. The van der Waals surface area contributed by atoms with Gasteiger partial charge in [0.05, 0.1) is 0 Å². The van der Waals surface area contributed by atoms with Crippen molar-refractivity contribution in [3.05, 3.63) is 0 Å². The van der Waals surface area contributed by atoms with Crippen LogP contribution >= 0.6 is 44.4 Å². The maximum atomic E-state index is 5.10. The van der Waals surface area contributed by atoms with Gasteiger partial charge in [0.1, 0.15) is 0 Å². The Morgan fingerprint density at radius 1 is 1.20 bits per heavy atom. The zero-order valence-corrected chi connectivity index (χ0v) is 6.82. The summed E-state index contributed by atoms with van der Waals surface area (Å²) in [4.78, 5) is 0. The van der Waals surface area contributed by atoms with Crippen LogP contribution < -0.4 is 0 Å². The third-order valence-corrected chi connectivity index (χ3v) is 0. The molecule has 0 saturated heterocycles. The molecule has 0 atom stereocenters. The standard InChI is InChI=1S/BrH.3ClH.Fe/h4*1H;/q;;;;+4/p-4. The summed E-state index contributed by atoms with van der Waals surface area (Å²) in [6, 6.07) is 0. The van der Waals surface area contributed by atoms with E-state index in [0.29, 0.717) is 0 Å². The molecular weight excluding hydrogens is 242 g/mol. The van der Waals surface area contributed by atoms with Crippen molar-refractivity contribution < 1.29 is 8.30 Å². The monoisotopic (exact) mass is 240 g/mol. The van der Waals surface area contributed by atoms with Crippen LogP contribution in [0.4, 0.5) is 0 Å². The molecule has 0 heterocycles. The van der Waals surface area contributed by atoms with E-state index in [-0.39, 0.29) is 0 Å². The Morgan fingerprint density at radius 3 is 1.20 bits per heavy atom. The summed E-state index contributed by atoms with van der Waals surface area (Å²) in [5.41, 5.74) is 0. The zero-order chi connectivity index (χ0) is 4.50. The van der Waals surface area contributed by atoms with Gasteiger partial charge in [-0.25, -0.2) is 0 Å². The van der Waals surface area contributed by atoms with Gasteiger partial charge < -0.3 is 0 Å². The van der Waals surface area contributed by atoms with Crippen molar-refractivity contribution in [2.45, 2.75) is 0 Å². The van der Waals surface area contributed by atoms with E-state index in [2.05, 4.69) is 14.1 Å². The average Bonchev–Trinajstić information content (AvgIpc) is 0.722. The average molecular weight is 242 g/mol. The summed E-state index contributed by atoms with van der Waals surface area (Å²) in [6.45, 7) is 0. The minimum absolute atomic E-state index is 2.27. The number of halogens is 4. The van der Waals surface area contributed by atoms with Crippen LogP contribution in [-0.2, 0) is 8.30 Å². The second kappa shape index (κ2) is 2.25. The van der Waals surface area contributed by atoms with Crippen LogP contribution in [-0.4, -0.2) is 0 Å². The van der Waals surface area contributed by atoms with Crippen LogP contribution in [0.25, 0.3) is 0 Å². The molecule has 0 unspecified atom stereocenters. The topological polar surface area (TPSA) is 0 Å². The van der Waals surface area contributed by atoms with Crippen LogP contribution in [0.2, 0.25) is 0 Å². The van der Waals surface area contributed by atoms with Crippen molar-refractivity contribution in [1.29, 1.82) is 0 Å². The Kier molecular flexibility index (Phi) is 3.09. The number of hydrogen-bond acceptors (Lipinski definition) is 0. The van der Waals surface area contributed by atoms with E-state index in [4.69, 9.17) is 30.3 Å². The SMILES string of the molecule is [Cl][Fe]([Cl])([Cl])[Br]. The van der Waals surface area contributed by atoms with Crippen molar-refractivity contribution >= 4 is 44.4 Å². The molecule has 5 heteroatoms. The molecule has 0 amide bonds. The molecule has 0 fully saturated rings. The molecule has 0 bridgehead atoms. The van der Waals surface area contributed by atoms with Crippen molar-refractivity contribution in [2.75, 3.05) is 0 Å². The maximum absolute atomic E-state index is 5.10. The summed E-state index contributed by atoms with van der Waals surface area (Å²) >= 11 is 2.80. The van der Waals surface area contributed by atoms with E-state index in [1.165, 1.54) is 0 Å². The molecule has 0 radical (unpaired) electrons. The minimum atomic E-state index is -2.27. The predicted octanol–water partition coefficient (Wildman–Crippen LogP) is 2.91. The Labute approximate surface area is 52.4 Å². The van der Waals surface area contributed by atoms with E-state index < -0.39 is 8.30 Å². The van der Waals surface area contributed by atoms with Gasteiger partial charge in [-0.15, -0.1) is 0 Å². The Morgan fingerprint density at radius 2 is 1.20 bits per heavy atom. The van der Waals surface area contributed by atoms with Gasteiger partial charge in [-0.2, -0.15) is 0 Å². The Balaban J connectivity index is 3.02. The molecule has 36 valence electrons. The normalized spacial score (nSPS) is 15.2. The van der Waals surface area contributed by atoms with Gasteiger partial charge in [0.25, 0.3) is 0 Å². The molecule has 0 rings (SSSR count). The van der Waals surface area contributed by atoms with Crippen LogP contribution in [0.15, 0.2) is 0 Å². The quantitative estimate of drug-likeness (QED) is 0.573. The molecule has 0 aromatic carbocycles. The predicted molar refractivity (Wildman–Crippen MR) is 26.5 cm³/mol. The second-order valence-corrected chi connectivity index (χ2v) is 15.4. The summed E-state index contributed by atoms with van der Waals surface area (Å²) in [6.07, 6.45) is 0.